The number of amides is 1. The van der Waals surface area contributed by atoms with E-state index in [0.29, 0.717) is 18.5 Å². The number of aliphatic hydroxyl groups is 2. The van der Waals surface area contributed by atoms with Crippen molar-refractivity contribution in [3.05, 3.63) is 71.8 Å². The van der Waals surface area contributed by atoms with Crippen LogP contribution in [-0.2, 0) is 0 Å². The molecule has 1 aromatic carbocycles. The molecule has 3 N–H and O–H groups in total. The summed E-state index contributed by atoms with van der Waals surface area (Å²) in [6, 6.07) is 6.52. The summed E-state index contributed by atoms with van der Waals surface area (Å²) in [6.07, 6.45) is 4.38. The average Bonchev–Trinajstić information content (AvgIpc) is 2.78. The minimum absolute atomic E-state index is 0.0718. The molecule has 1 aliphatic rings. The van der Waals surface area contributed by atoms with E-state index in [0.717, 1.165) is 17.7 Å². The van der Waals surface area contributed by atoms with Crippen LogP contribution in [0.1, 0.15) is 48.7 Å². The molecule has 0 unspecified atom stereocenters. The number of aliphatic hydroxyl groups excluding tert-OH is 1. The molecule has 1 amide bonds. The summed E-state index contributed by atoms with van der Waals surface area (Å²) in [5.41, 5.74) is -0.463. The number of pyridine rings is 1. The fraction of sp³-hybridized carbons (Fsp3) is 0.333. The van der Waals surface area contributed by atoms with Gasteiger partial charge in [-0.3, -0.25) is 9.78 Å². The molecule has 0 bridgehead atoms. The van der Waals surface area contributed by atoms with Gasteiger partial charge < -0.3 is 15.5 Å². The van der Waals surface area contributed by atoms with Crippen molar-refractivity contribution in [1.82, 2.24) is 15.0 Å². The van der Waals surface area contributed by atoms with E-state index >= 15 is 0 Å². The summed E-state index contributed by atoms with van der Waals surface area (Å²) < 4.78 is 28.3. The Labute approximate surface area is 189 Å². The number of hydrogen-bond donors (Lipinski definition) is 3. The molecule has 172 valence electrons. The van der Waals surface area contributed by atoms with Gasteiger partial charge in [-0.1, -0.05) is 13.0 Å². The highest BCUT2D eigenvalue weighted by molar-refractivity contribution is 6.03. The fourth-order valence-electron chi connectivity index (χ4n) is 4.22. The third kappa shape index (κ3) is 4.46. The van der Waals surface area contributed by atoms with E-state index in [-0.39, 0.29) is 23.4 Å². The molecular formula is C24H24F2N4O3. The Balaban J connectivity index is 1.60. The summed E-state index contributed by atoms with van der Waals surface area (Å²) >= 11 is 0. The van der Waals surface area contributed by atoms with Crippen LogP contribution in [0.25, 0.3) is 11.4 Å². The van der Waals surface area contributed by atoms with Gasteiger partial charge in [0.15, 0.2) is 5.82 Å². The molecule has 7 nitrogen and oxygen atoms in total. The van der Waals surface area contributed by atoms with Gasteiger partial charge in [0.1, 0.15) is 17.3 Å². The van der Waals surface area contributed by atoms with Crippen LogP contribution < -0.4 is 5.32 Å². The third-order valence-corrected chi connectivity index (χ3v) is 6.44. The molecule has 0 spiro atoms. The molecular weight excluding hydrogens is 430 g/mol. The van der Waals surface area contributed by atoms with Crippen LogP contribution in [0.4, 0.5) is 14.5 Å². The topological polar surface area (TPSA) is 108 Å². The van der Waals surface area contributed by atoms with E-state index in [9.17, 15) is 23.8 Å². The predicted molar refractivity (Wildman–Crippen MR) is 117 cm³/mol. The summed E-state index contributed by atoms with van der Waals surface area (Å²) in [6.45, 7) is 3.50. The van der Waals surface area contributed by atoms with Crippen molar-refractivity contribution in [2.75, 3.05) is 5.32 Å². The molecule has 1 saturated carbocycles. The predicted octanol–water partition coefficient (Wildman–Crippen LogP) is 3.69. The maximum Gasteiger partial charge on any atom is 0.274 e. The number of carbonyl (C=O) groups excluding carboxylic acids is 1. The molecule has 33 heavy (non-hydrogen) atoms. The van der Waals surface area contributed by atoms with Crippen molar-refractivity contribution in [3.63, 3.8) is 0 Å². The van der Waals surface area contributed by atoms with Crippen molar-refractivity contribution in [1.29, 1.82) is 0 Å². The lowest BCUT2D eigenvalue weighted by Crippen LogP contribution is -2.49. The number of benzene rings is 1. The Morgan fingerprint density at radius 2 is 1.88 bits per heavy atom. The standard InChI is InChI=1S/C24H24F2N4O3/c1-13-10-14(11-20(31)24(13,2)33)15-6-8-27-12-19(15)30-23(32)18-7-9-28-22(29-18)21-16(25)4-3-5-17(21)26/h3-9,12-14,20,31,33H,10-11H2,1-2H3,(H,30,32)/t13-,14+,20+,24+/m0/s1. The molecule has 1 aliphatic carbocycles. The molecule has 0 aliphatic heterocycles. The zero-order valence-corrected chi connectivity index (χ0v) is 18.2. The summed E-state index contributed by atoms with van der Waals surface area (Å²) in [5.74, 6) is -2.77. The number of aromatic nitrogens is 3. The Morgan fingerprint density at radius 3 is 2.58 bits per heavy atom. The molecule has 2 heterocycles. The number of carbonyl (C=O) groups is 1. The van der Waals surface area contributed by atoms with Gasteiger partial charge in [-0.05, 0) is 61.4 Å². The first kappa shape index (κ1) is 22.9. The van der Waals surface area contributed by atoms with E-state index in [1.807, 2.05) is 6.92 Å². The molecule has 4 atom stereocenters. The van der Waals surface area contributed by atoms with Gasteiger partial charge in [-0.25, -0.2) is 18.7 Å². The Hall–Kier alpha value is -3.30. The van der Waals surface area contributed by atoms with Gasteiger partial charge in [0.25, 0.3) is 5.91 Å². The third-order valence-electron chi connectivity index (χ3n) is 6.44. The summed E-state index contributed by atoms with van der Waals surface area (Å²) in [4.78, 5) is 25.0. The van der Waals surface area contributed by atoms with Crippen molar-refractivity contribution in [2.45, 2.75) is 44.3 Å². The number of nitrogens with zero attached hydrogens (tertiary/aromatic N) is 3. The molecule has 1 fully saturated rings. The van der Waals surface area contributed by atoms with E-state index in [4.69, 9.17) is 0 Å². The van der Waals surface area contributed by atoms with Crippen LogP contribution in [0.15, 0.2) is 48.9 Å². The smallest absolute Gasteiger partial charge is 0.274 e. The molecule has 9 heteroatoms. The Bertz CT molecular complexity index is 1150. The maximum atomic E-state index is 14.1. The van der Waals surface area contributed by atoms with Crippen LogP contribution in [0.5, 0.6) is 0 Å². The summed E-state index contributed by atoms with van der Waals surface area (Å²) in [5, 5.41) is 23.7. The lowest BCUT2D eigenvalue weighted by atomic mass is 9.69. The molecule has 2 aromatic heterocycles. The lowest BCUT2D eigenvalue weighted by molar-refractivity contribution is -0.123. The van der Waals surface area contributed by atoms with E-state index in [1.165, 1.54) is 24.5 Å². The number of nitrogens with one attached hydrogen (secondary N) is 1. The number of rotatable bonds is 4. The SMILES string of the molecule is C[C@H]1C[C@@H](c2ccncc2NC(=O)c2ccnc(-c3c(F)cccc3F)n2)C[C@@H](O)[C@]1(C)O. The largest absolute Gasteiger partial charge is 0.390 e. The van der Waals surface area contributed by atoms with Crippen molar-refractivity contribution >= 4 is 11.6 Å². The van der Waals surface area contributed by atoms with E-state index in [2.05, 4.69) is 20.3 Å². The van der Waals surface area contributed by atoms with Crippen LogP contribution in [0, 0.1) is 17.6 Å². The zero-order valence-electron chi connectivity index (χ0n) is 18.2. The maximum absolute atomic E-state index is 14.1. The van der Waals surface area contributed by atoms with Crippen LogP contribution in [-0.4, -0.2) is 42.8 Å². The highest BCUT2D eigenvalue weighted by atomic mass is 19.1. The first-order valence-electron chi connectivity index (χ1n) is 10.6. The van der Waals surface area contributed by atoms with Crippen LogP contribution >= 0.6 is 0 Å². The minimum Gasteiger partial charge on any atom is -0.390 e. The van der Waals surface area contributed by atoms with Gasteiger partial charge in [0.2, 0.25) is 0 Å². The van der Waals surface area contributed by atoms with Gasteiger partial charge in [0.05, 0.1) is 29.2 Å². The molecule has 3 aromatic rings. The number of hydrogen-bond acceptors (Lipinski definition) is 6. The Kier molecular flexibility index (Phi) is 6.18. The van der Waals surface area contributed by atoms with Crippen LogP contribution in [0.3, 0.4) is 0 Å². The average molecular weight is 454 g/mol. The van der Waals surface area contributed by atoms with E-state index in [1.54, 1.807) is 19.2 Å². The second-order valence-corrected chi connectivity index (χ2v) is 8.59. The molecule has 0 radical (unpaired) electrons. The van der Waals surface area contributed by atoms with E-state index < -0.39 is 34.8 Å². The lowest BCUT2D eigenvalue weighted by Gasteiger charge is -2.43. The quantitative estimate of drug-likeness (QED) is 0.555. The Morgan fingerprint density at radius 1 is 1.15 bits per heavy atom. The molecule has 0 saturated heterocycles. The first-order valence-corrected chi connectivity index (χ1v) is 10.6. The van der Waals surface area contributed by atoms with Crippen LogP contribution in [0.2, 0.25) is 0 Å². The summed E-state index contributed by atoms with van der Waals surface area (Å²) in [7, 11) is 0. The normalized spacial score (nSPS) is 25.0. The zero-order chi connectivity index (χ0) is 23.8. The van der Waals surface area contributed by atoms with Crippen molar-refractivity contribution < 1.29 is 23.8 Å². The van der Waals surface area contributed by atoms with Gasteiger partial charge >= 0.3 is 0 Å². The minimum atomic E-state index is -1.19. The van der Waals surface area contributed by atoms with Crippen molar-refractivity contribution in [3.8, 4) is 11.4 Å². The number of anilines is 1. The molecule has 4 rings (SSSR count). The highest BCUT2D eigenvalue weighted by Gasteiger charge is 2.43. The van der Waals surface area contributed by atoms with Gasteiger partial charge in [0, 0.05) is 12.4 Å². The number of halogens is 2. The van der Waals surface area contributed by atoms with Gasteiger partial charge in [-0.2, -0.15) is 0 Å². The monoisotopic (exact) mass is 454 g/mol. The highest BCUT2D eigenvalue weighted by Crippen LogP contribution is 2.43. The fourth-order valence-corrected chi connectivity index (χ4v) is 4.22. The van der Waals surface area contributed by atoms with Crippen molar-refractivity contribution in [2.24, 2.45) is 5.92 Å². The first-order chi connectivity index (χ1) is 15.7. The van der Waals surface area contributed by atoms with Gasteiger partial charge in [-0.15, -0.1) is 0 Å². The second kappa shape index (κ2) is 8.92. The second-order valence-electron chi connectivity index (χ2n) is 8.59.